The van der Waals surface area contributed by atoms with Gasteiger partial charge in [-0.3, -0.25) is 9.59 Å². The smallest absolute Gasteiger partial charge is 0.224 e. The molecule has 1 aromatic heterocycles. The number of rotatable bonds is 6. The average molecular weight is 441 g/mol. The van der Waals surface area contributed by atoms with Crippen LogP contribution in [0.1, 0.15) is 106 Å². The zero-order valence-electron chi connectivity index (χ0n) is 20.0. The summed E-state index contributed by atoms with van der Waals surface area (Å²) < 4.78 is 0. The highest BCUT2D eigenvalue weighted by Crippen LogP contribution is 2.30. The van der Waals surface area contributed by atoms with Crippen LogP contribution in [0.2, 0.25) is 0 Å². The predicted octanol–water partition coefficient (Wildman–Crippen LogP) is 4.37. The van der Waals surface area contributed by atoms with Gasteiger partial charge in [-0.15, -0.1) is 0 Å². The molecular weight excluding hydrogens is 400 g/mol. The van der Waals surface area contributed by atoms with Crippen molar-refractivity contribution in [2.24, 2.45) is 5.92 Å². The van der Waals surface area contributed by atoms with Crippen LogP contribution >= 0.6 is 0 Å². The topological polar surface area (TPSA) is 75.2 Å². The van der Waals surface area contributed by atoms with Crippen molar-refractivity contribution in [2.75, 3.05) is 13.1 Å². The van der Waals surface area contributed by atoms with Gasteiger partial charge < -0.3 is 10.2 Å². The third-order valence-corrected chi connectivity index (χ3v) is 7.84. The molecule has 1 atom stereocenters. The van der Waals surface area contributed by atoms with E-state index in [1.807, 2.05) is 18.7 Å². The summed E-state index contributed by atoms with van der Waals surface area (Å²) >= 11 is 0. The minimum atomic E-state index is 0.0831. The SMILES string of the molecule is Cc1nc([C@H]2CCN(C(=O)CC3CCCCC3)C2)nc(C)c1CC(=O)NC1CCCCC1. The molecule has 3 aliphatic rings. The fraction of sp³-hybridized carbons (Fsp3) is 0.769. The fourth-order valence-corrected chi connectivity index (χ4v) is 5.85. The van der Waals surface area contributed by atoms with Crippen LogP contribution in [0.15, 0.2) is 0 Å². The van der Waals surface area contributed by atoms with Crippen molar-refractivity contribution in [3.8, 4) is 0 Å². The van der Waals surface area contributed by atoms with Crippen LogP contribution in [0.4, 0.5) is 0 Å². The maximum absolute atomic E-state index is 12.8. The molecule has 6 heteroatoms. The summed E-state index contributed by atoms with van der Waals surface area (Å²) in [5.74, 6) is 2.01. The van der Waals surface area contributed by atoms with Gasteiger partial charge in [-0.25, -0.2) is 9.97 Å². The first kappa shape index (κ1) is 23.2. The van der Waals surface area contributed by atoms with E-state index in [9.17, 15) is 9.59 Å². The van der Waals surface area contributed by atoms with E-state index < -0.39 is 0 Å². The van der Waals surface area contributed by atoms with E-state index in [2.05, 4.69) is 5.32 Å². The highest BCUT2D eigenvalue weighted by Gasteiger charge is 2.31. The Bertz CT molecular complexity index is 789. The van der Waals surface area contributed by atoms with Gasteiger partial charge in [0.25, 0.3) is 0 Å². The molecule has 32 heavy (non-hydrogen) atoms. The monoisotopic (exact) mass is 440 g/mol. The van der Waals surface area contributed by atoms with Crippen molar-refractivity contribution in [1.82, 2.24) is 20.2 Å². The van der Waals surface area contributed by atoms with Crippen LogP contribution in [-0.2, 0) is 16.0 Å². The van der Waals surface area contributed by atoms with Crippen LogP contribution in [0.3, 0.4) is 0 Å². The highest BCUT2D eigenvalue weighted by atomic mass is 16.2. The second-order valence-corrected chi connectivity index (χ2v) is 10.3. The minimum Gasteiger partial charge on any atom is -0.353 e. The Labute approximate surface area is 193 Å². The van der Waals surface area contributed by atoms with Gasteiger partial charge in [0.15, 0.2) is 0 Å². The number of hydrogen-bond acceptors (Lipinski definition) is 4. The summed E-state index contributed by atoms with van der Waals surface area (Å²) in [4.78, 5) is 37.0. The Morgan fingerprint density at radius 3 is 2.19 bits per heavy atom. The highest BCUT2D eigenvalue weighted by molar-refractivity contribution is 5.79. The predicted molar refractivity (Wildman–Crippen MR) is 125 cm³/mol. The standard InChI is InChI=1S/C26H40N4O2/c1-18-23(16-24(31)29-22-11-7-4-8-12-22)19(2)28-26(27-18)21-13-14-30(17-21)25(32)15-20-9-5-3-6-10-20/h20-22H,3-17H2,1-2H3,(H,29,31)/t21-/m0/s1. The molecule has 2 saturated carbocycles. The summed E-state index contributed by atoms with van der Waals surface area (Å²) in [6.45, 7) is 5.51. The first-order valence-electron chi connectivity index (χ1n) is 12.9. The molecule has 2 amide bonds. The third-order valence-electron chi connectivity index (χ3n) is 7.84. The van der Waals surface area contributed by atoms with E-state index in [-0.39, 0.29) is 11.8 Å². The summed E-state index contributed by atoms with van der Waals surface area (Å²) in [5.41, 5.74) is 2.75. The number of likely N-dealkylation sites (tertiary alicyclic amines) is 1. The van der Waals surface area contributed by atoms with E-state index in [0.29, 0.717) is 30.7 Å². The van der Waals surface area contributed by atoms with Crippen molar-refractivity contribution < 1.29 is 9.59 Å². The molecule has 3 fully saturated rings. The molecule has 1 N–H and O–H groups in total. The van der Waals surface area contributed by atoms with E-state index in [0.717, 1.165) is 55.1 Å². The van der Waals surface area contributed by atoms with Gasteiger partial charge in [0.2, 0.25) is 11.8 Å². The van der Waals surface area contributed by atoms with Crippen LogP contribution in [0, 0.1) is 19.8 Å². The number of carbonyl (C=O) groups is 2. The lowest BCUT2D eigenvalue weighted by Gasteiger charge is -2.24. The van der Waals surface area contributed by atoms with Gasteiger partial charge in [-0.05, 0) is 51.9 Å². The average Bonchev–Trinajstić information content (AvgIpc) is 3.28. The lowest BCUT2D eigenvalue weighted by Crippen LogP contribution is -2.37. The zero-order chi connectivity index (χ0) is 22.5. The Morgan fingerprint density at radius 1 is 0.906 bits per heavy atom. The molecule has 2 aliphatic carbocycles. The summed E-state index contributed by atoms with van der Waals surface area (Å²) in [6, 6.07) is 0.327. The number of nitrogens with zero attached hydrogens (tertiary/aromatic N) is 3. The number of aryl methyl sites for hydroxylation is 2. The van der Waals surface area contributed by atoms with E-state index in [1.54, 1.807) is 0 Å². The van der Waals surface area contributed by atoms with Crippen molar-refractivity contribution in [1.29, 1.82) is 0 Å². The van der Waals surface area contributed by atoms with Gasteiger partial charge in [-0.1, -0.05) is 38.5 Å². The Morgan fingerprint density at radius 2 is 1.53 bits per heavy atom. The lowest BCUT2D eigenvalue weighted by atomic mass is 9.87. The molecule has 0 bridgehead atoms. The summed E-state index contributed by atoms with van der Waals surface area (Å²) in [6.07, 6.45) is 14.2. The zero-order valence-corrected chi connectivity index (χ0v) is 20.0. The van der Waals surface area contributed by atoms with Gasteiger partial charge in [0.05, 0.1) is 6.42 Å². The van der Waals surface area contributed by atoms with Crippen LogP contribution in [-0.4, -0.2) is 45.8 Å². The maximum atomic E-state index is 12.8. The van der Waals surface area contributed by atoms with Gasteiger partial charge in [-0.2, -0.15) is 0 Å². The number of nitrogens with one attached hydrogen (secondary N) is 1. The van der Waals surface area contributed by atoms with Crippen LogP contribution in [0.25, 0.3) is 0 Å². The maximum Gasteiger partial charge on any atom is 0.224 e. The second kappa shape index (κ2) is 10.8. The quantitative estimate of drug-likeness (QED) is 0.713. The van der Waals surface area contributed by atoms with E-state index in [1.165, 1.54) is 51.4 Å². The lowest BCUT2D eigenvalue weighted by molar-refractivity contribution is -0.131. The molecule has 0 unspecified atom stereocenters. The largest absolute Gasteiger partial charge is 0.353 e. The molecule has 2 heterocycles. The fourth-order valence-electron chi connectivity index (χ4n) is 5.85. The third kappa shape index (κ3) is 5.87. The molecule has 1 saturated heterocycles. The summed E-state index contributed by atoms with van der Waals surface area (Å²) in [5, 5.41) is 3.20. The molecule has 0 spiro atoms. The molecule has 4 rings (SSSR count). The van der Waals surface area contributed by atoms with Crippen molar-refractivity contribution in [2.45, 2.75) is 109 Å². The van der Waals surface area contributed by atoms with Crippen molar-refractivity contribution in [3.63, 3.8) is 0 Å². The second-order valence-electron chi connectivity index (χ2n) is 10.3. The van der Waals surface area contributed by atoms with Crippen LogP contribution in [0.5, 0.6) is 0 Å². The molecule has 0 radical (unpaired) electrons. The van der Waals surface area contributed by atoms with Crippen LogP contribution < -0.4 is 5.32 Å². The molecule has 1 aromatic rings. The van der Waals surface area contributed by atoms with E-state index in [4.69, 9.17) is 9.97 Å². The number of hydrogen-bond donors (Lipinski definition) is 1. The first-order chi connectivity index (χ1) is 15.5. The molecule has 0 aromatic carbocycles. The van der Waals surface area contributed by atoms with Crippen molar-refractivity contribution >= 4 is 11.8 Å². The Balaban J connectivity index is 1.33. The number of amides is 2. The van der Waals surface area contributed by atoms with Crippen molar-refractivity contribution in [3.05, 3.63) is 22.8 Å². The molecule has 176 valence electrons. The van der Waals surface area contributed by atoms with Gasteiger partial charge >= 0.3 is 0 Å². The van der Waals surface area contributed by atoms with E-state index >= 15 is 0 Å². The van der Waals surface area contributed by atoms with Gasteiger partial charge in [0.1, 0.15) is 5.82 Å². The normalized spacial score (nSPS) is 22.8. The first-order valence-corrected chi connectivity index (χ1v) is 12.9. The molecular formula is C26H40N4O2. The Hall–Kier alpha value is -1.98. The Kier molecular flexibility index (Phi) is 7.80. The number of carbonyl (C=O) groups excluding carboxylic acids is 2. The summed E-state index contributed by atoms with van der Waals surface area (Å²) in [7, 11) is 0. The van der Waals surface area contributed by atoms with Gasteiger partial charge in [0, 0.05) is 48.4 Å². The molecule has 1 aliphatic heterocycles. The minimum absolute atomic E-state index is 0.0831. The number of aromatic nitrogens is 2. The molecule has 6 nitrogen and oxygen atoms in total.